The number of hydrogen-bond acceptors (Lipinski definition) is 8. The minimum Gasteiger partial charge on any atom is -0.452 e. The van der Waals surface area contributed by atoms with E-state index in [1.807, 2.05) is 37.3 Å². The lowest BCUT2D eigenvalue weighted by Crippen LogP contribution is -2.48. The van der Waals surface area contributed by atoms with Crippen molar-refractivity contribution in [2.24, 2.45) is 0 Å². The third-order valence-electron chi connectivity index (χ3n) is 8.72. The Hall–Kier alpha value is -5.27. The van der Waals surface area contributed by atoms with Crippen LogP contribution in [-0.4, -0.2) is 75.9 Å². The molecule has 1 fully saturated rings. The number of nitrogens with zero attached hydrogens (tertiary/aromatic N) is 7. The fourth-order valence-corrected chi connectivity index (χ4v) is 6.44. The molecule has 1 saturated heterocycles. The van der Waals surface area contributed by atoms with E-state index in [9.17, 15) is 10.1 Å². The molecule has 5 aromatic rings. The maximum absolute atomic E-state index is 12.4. The van der Waals surface area contributed by atoms with Crippen molar-refractivity contribution in [3.63, 3.8) is 0 Å². The number of nitrogens with one attached hydrogen (secondary N) is 1. The first kappa shape index (κ1) is 27.6. The van der Waals surface area contributed by atoms with Gasteiger partial charge in [0.15, 0.2) is 17.0 Å². The topological polar surface area (TPSA) is 114 Å². The van der Waals surface area contributed by atoms with E-state index in [4.69, 9.17) is 9.72 Å². The van der Waals surface area contributed by atoms with Gasteiger partial charge in [-0.05, 0) is 55.3 Å². The highest BCUT2D eigenvalue weighted by atomic mass is 16.5. The molecule has 0 spiro atoms. The summed E-state index contributed by atoms with van der Waals surface area (Å²) in [4.78, 5) is 23.9. The van der Waals surface area contributed by atoms with Crippen LogP contribution < -0.4 is 9.64 Å². The Bertz CT molecular complexity index is 1980. The average Bonchev–Trinajstić information content (AvgIpc) is 3.54. The number of hydrogen-bond donors (Lipinski definition) is 1. The summed E-state index contributed by atoms with van der Waals surface area (Å²) in [7, 11) is 2.13. The number of H-pyrrole nitrogens is 1. The molecule has 0 atom stereocenters. The number of likely N-dealkylation sites (N-methyl/N-ethyl adjacent to an activating group) is 1. The van der Waals surface area contributed by atoms with Crippen LogP contribution in [0.3, 0.4) is 0 Å². The van der Waals surface area contributed by atoms with E-state index < -0.39 is 0 Å². The molecule has 4 heterocycles. The third kappa shape index (κ3) is 4.62. The van der Waals surface area contributed by atoms with Crippen LogP contribution in [0.2, 0.25) is 0 Å². The predicted molar refractivity (Wildman–Crippen MR) is 170 cm³/mol. The second kappa shape index (κ2) is 11.1. The van der Waals surface area contributed by atoms with E-state index >= 15 is 0 Å². The second-order valence-electron chi connectivity index (χ2n) is 11.4. The van der Waals surface area contributed by atoms with Gasteiger partial charge in [0, 0.05) is 50.2 Å². The Morgan fingerprint density at radius 3 is 2.68 bits per heavy atom. The molecule has 220 valence electrons. The number of benzene rings is 3. The summed E-state index contributed by atoms with van der Waals surface area (Å²) in [6, 6.07) is 18.6. The molecule has 10 nitrogen and oxygen atoms in total. The Labute approximate surface area is 255 Å². The molecule has 1 N–H and O–H groups in total. The number of aromatic nitrogens is 4. The summed E-state index contributed by atoms with van der Waals surface area (Å²) in [5, 5.41) is 22.8. The number of anilines is 1. The lowest BCUT2D eigenvalue weighted by molar-refractivity contribution is -0.126. The molecule has 0 saturated carbocycles. The smallest absolute Gasteiger partial charge is 0.246 e. The number of amides is 1. The van der Waals surface area contributed by atoms with Gasteiger partial charge < -0.3 is 19.4 Å². The quantitative estimate of drug-likeness (QED) is 0.288. The summed E-state index contributed by atoms with van der Waals surface area (Å²) in [6.07, 6.45) is 2.23. The number of ether oxygens (including phenoxy) is 1. The monoisotopic (exact) mass is 584 g/mol. The maximum Gasteiger partial charge on any atom is 0.246 e. The van der Waals surface area contributed by atoms with Crippen LogP contribution in [0.1, 0.15) is 22.3 Å². The molecule has 3 aromatic carbocycles. The van der Waals surface area contributed by atoms with Crippen LogP contribution in [0, 0.1) is 18.3 Å². The van der Waals surface area contributed by atoms with Gasteiger partial charge in [-0.1, -0.05) is 48.2 Å². The zero-order valence-electron chi connectivity index (χ0n) is 24.8. The predicted octanol–water partition coefficient (Wildman–Crippen LogP) is 4.97. The lowest BCUT2D eigenvalue weighted by Gasteiger charge is -2.37. The first-order valence-corrected chi connectivity index (χ1v) is 14.8. The Morgan fingerprint density at radius 2 is 1.89 bits per heavy atom. The number of carbonyl (C=O) groups is 1. The van der Waals surface area contributed by atoms with Crippen LogP contribution in [-0.2, 0) is 17.8 Å². The Kier molecular flexibility index (Phi) is 6.95. The first-order chi connectivity index (χ1) is 21.5. The summed E-state index contributed by atoms with van der Waals surface area (Å²) >= 11 is 0. The molecule has 0 radical (unpaired) electrons. The van der Waals surface area contributed by atoms with Crippen molar-refractivity contribution in [2.75, 3.05) is 44.7 Å². The number of para-hydroxylation sites is 1. The SMILES string of the molecule is C=CC(=O)N1CCN(c2c(C#N)c(-c3cccc4c3CCN(C)C4)nc3c(Oc4c(C)ccc5[nH]nnc45)cccc23)CC1. The number of rotatable bonds is 5. The highest BCUT2D eigenvalue weighted by molar-refractivity contribution is 6.02. The minimum atomic E-state index is -0.0839. The fourth-order valence-electron chi connectivity index (χ4n) is 6.44. The molecular formula is C34H32N8O2. The van der Waals surface area contributed by atoms with Gasteiger partial charge in [-0.25, -0.2) is 4.98 Å². The van der Waals surface area contributed by atoms with E-state index in [1.165, 1.54) is 17.2 Å². The van der Waals surface area contributed by atoms with E-state index in [0.717, 1.165) is 47.2 Å². The Balaban J connectivity index is 1.45. The van der Waals surface area contributed by atoms with Gasteiger partial charge in [-0.15, -0.1) is 5.10 Å². The molecule has 2 aliphatic heterocycles. The van der Waals surface area contributed by atoms with Crippen molar-refractivity contribution in [3.8, 4) is 28.8 Å². The van der Waals surface area contributed by atoms with Gasteiger partial charge >= 0.3 is 0 Å². The van der Waals surface area contributed by atoms with Crippen molar-refractivity contribution >= 4 is 33.5 Å². The van der Waals surface area contributed by atoms with Crippen molar-refractivity contribution in [3.05, 3.63) is 83.4 Å². The van der Waals surface area contributed by atoms with E-state index in [0.29, 0.717) is 60.0 Å². The Morgan fingerprint density at radius 1 is 1.07 bits per heavy atom. The number of aryl methyl sites for hydroxylation is 1. The van der Waals surface area contributed by atoms with Gasteiger partial charge in [0.05, 0.1) is 16.9 Å². The van der Waals surface area contributed by atoms with Crippen LogP contribution in [0.5, 0.6) is 11.5 Å². The number of piperazine rings is 1. The summed E-state index contributed by atoms with van der Waals surface area (Å²) in [5.41, 5.74) is 8.42. The molecule has 0 aliphatic carbocycles. The van der Waals surface area contributed by atoms with Crippen molar-refractivity contribution in [1.82, 2.24) is 30.2 Å². The summed E-state index contributed by atoms with van der Waals surface area (Å²) < 4.78 is 6.63. The van der Waals surface area contributed by atoms with Gasteiger partial charge in [-0.2, -0.15) is 5.26 Å². The molecule has 44 heavy (non-hydrogen) atoms. The van der Waals surface area contributed by atoms with Gasteiger partial charge in [0.1, 0.15) is 17.1 Å². The van der Waals surface area contributed by atoms with E-state index in [2.05, 4.69) is 63.1 Å². The molecule has 10 heteroatoms. The molecular weight excluding hydrogens is 552 g/mol. The minimum absolute atomic E-state index is 0.0839. The average molecular weight is 585 g/mol. The van der Waals surface area contributed by atoms with Gasteiger partial charge in [0.2, 0.25) is 5.91 Å². The number of carbonyl (C=O) groups excluding carboxylic acids is 1. The molecule has 0 unspecified atom stereocenters. The van der Waals surface area contributed by atoms with Crippen LogP contribution >= 0.6 is 0 Å². The number of pyridine rings is 1. The third-order valence-corrected chi connectivity index (χ3v) is 8.72. The largest absolute Gasteiger partial charge is 0.452 e. The van der Waals surface area contributed by atoms with Gasteiger partial charge in [-0.3, -0.25) is 9.89 Å². The zero-order chi connectivity index (χ0) is 30.4. The number of fused-ring (bicyclic) bond motifs is 3. The van der Waals surface area contributed by atoms with Crippen molar-refractivity contribution < 1.29 is 9.53 Å². The van der Waals surface area contributed by atoms with E-state index in [1.54, 1.807) is 4.90 Å². The highest BCUT2D eigenvalue weighted by Crippen LogP contribution is 2.43. The fraction of sp³-hybridized carbons (Fsp3) is 0.265. The second-order valence-corrected chi connectivity index (χ2v) is 11.4. The molecule has 0 bridgehead atoms. The number of aromatic amines is 1. The zero-order valence-corrected chi connectivity index (χ0v) is 24.8. The normalized spacial score (nSPS) is 15.3. The standard InChI is InChI=1S/C34H32N8O2/c1-4-29(43)41-15-17-42(18-16-41)33-25-9-6-10-28(44-34-21(2)11-12-27-32(34)38-39-37-27)31(25)36-30(26(33)19-35)24-8-5-7-22-20-40(3)14-13-23(22)24/h4-12H,1,13-18,20H2,2-3H3,(H,37,38,39). The van der Waals surface area contributed by atoms with Crippen LogP contribution in [0.4, 0.5) is 5.69 Å². The van der Waals surface area contributed by atoms with Crippen LogP contribution in [0.15, 0.2) is 61.2 Å². The highest BCUT2D eigenvalue weighted by Gasteiger charge is 2.29. The maximum atomic E-state index is 12.4. The lowest BCUT2D eigenvalue weighted by atomic mass is 9.90. The van der Waals surface area contributed by atoms with Crippen LogP contribution in [0.25, 0.3) is 33.2 Å². The molecule has 2 aliphatic rings. The number of nitriles is 1. The summed E-state index contributed by atoms with van der Waals surface area (Å²) in [6.45, 7) is 9.62. The van der Waals surface area contributed by atoms with Crippen molar-refractivity contribution in [2.45, 2.75) is 19.9 Å². The molecule has 7 rings (SSSR count). The first-order valence-electron chi connectivity index (χ1n) is 14.8. The molecule has 2 aromatic heterocycles. The summed E-state index contributed by atoms with van der Waals surface area (Å²) in [5.74, 6) is 1.09. The van der Waals surface area contributed by atoms with Gasteiger partial charge in [0.25, 0.3) is 0 Å². The van der Waals surface area contributed by atoms with Crippen molar-refractivity contribution in [1.29, 1.82) is 5.26 Å². The van der Waals surface area contributed by atoms with E-state index in [-0.39, 0.29) is 5.91 Å². The molecule has 1 amide bonds.